The standard InChI is InChI=1S/C23H19ClN2O4/c1-15-11-17(24)7-9-20(15)30-21-10-8-18(13-25-21)26-22(27)23-28-14-19(29-23)12-16-5-3-2-4-6-16/h2-11,13-14,23H,12H2,1H3,(H,26,27). The molecule has 30 heavy (non-hydrogen) atoms. The molecule has 0 saturated heterocycles. The molecular weight excluding hydrogens is 404 g/mol. The van der Waals surface area contributed by atoms with Crippen LogP contribution in [-0.4, -0.2) is 17.2 Å². The summed E-state index contributed by atoms with van der Waals surface area (Å²) < 4.78 is 16.7. The quantitative estimate of drug-likeness (QED) is 0.589. The number of hydrogen-bond acceptors (Lipinski definition) is 5. The molecule has 1 N–H and O–H groups in total. The smallest absolute Gasteiger partial charge is 0.321 e. The molecule has 0 aliphatic carbocycles. The van der Waals surface area contributed by atoms with E-state index in [4.69, 9.17) is 25.8 Å². The van der Waals surface area contributed by atoms with Crippen molar-refractivity contribution in [1.82, 2.24) is 4.98 Å². The summed E-state index contributed by atoms with van der Waals surface area (Å²) in [5, 5.41) is 3.36. The van der Waals surface area contributed by atoms with E-state index in [0.29, 0.717) is 34.5 Å². The maximum absolute atomic E-state index is 12.4. The van der Waals surface area contributed by atoms with Crippen LogP contribution in [0.2, 0.25) is 5.02 Å². The Morgan fingerprint density at radius 2 is 2.00 bits per heavy atom. The number of aryl methyl sites for hydroxylation is 1. The number of aromatic nitrogens is 1. The van der Waals surface area contributed by atoms with Crippen LogP contribution in [-0.2, 0) is 20.7 Å². The van der Waals surface area contributed by atoms with Gasteiger partial charge in [0.15, 0.2) is 0 Å². The SMILES string of the molecule is Cc1cc(Cl)ccc1Oc1ccc(NC(=O)C2OC=C(Cc3ccccc3)O2)cn1. The monoisotopic (exact) mass is 422 g/mol. The summed E-state index contributed by atoms with van der Waals surface area (Å²) >= 11 is 5.96. The van der Waals surface area contributed by atoms with Gasteiger partial charge in [-0.2, -0.15) is 0 Å². The van der Waals surface area contributed by atoms with E-state index in [9.17, 15) is 4.79 Å². The van der Waals surface area contributed by atoms with Crippen LogP contribution >= 0.6 is 11.6 Å². The Morgan fingerprint density at radius 1 is 1.17 bits per heavy atom. The van der Waals surface area contributed by atoms with Gasteiger partial charge in [0, 0.05) is 17.5 Å². The number of pyridine rings is 1. The number of rotatable bonds is 6. The second-order valence-corrected chi connectivity index (χ2v) is 7.16. The van der Waals surface area contributed by atoms with Crippen LogP contribution in [0.15, 0.2) is 78.9 Å². The minimum absolute atomic E-state index is 0.401. The minimum Gasteiger partial charge on any atom is -0.451 e. The Hall–Kier alpha value is -3.51. The van der Waals surface area contributed by atoms with Crippen LogP contribution < -0.4 is 10.1 Å². The number of anilines is 1. The van der Waals surface area contributed by atoms with Gasteiger partial charge in [0.25, 0.3) is 0 Å². The van der Waals surface area contributed by atoms with E-state index in [0.717, 1.165) is 11.1 Å². The van der Waals surface area contributed by atoms with Gasteiger partial charge in [-0.3, -0.25) is 4.79 Å². The molecule has 152 valence electrons. The molecule has 0 saturated carbocycles. The van der Waals surface area contributed by atoms with Crippen molar-refractivity contribution in [1.29, 1.82) is 0 Å². The molecule has 4 rings (SSSR count). The van der Waals surface area contributed by atoms with Gasteiger partial charge in [0.05, 0.1) is 11.9 Å². The third kappa shape index (κ3) is 4.90. The summed E-state index contributed by atoms with van der Waals surface area (Å²) in [6.45, 7) is 1.90. The first kappa shape index (κ1) is 19.8. The molecule has 1 amide bonds. The van der Waals surface area contributed by atoms with Gasteiger partial charge in [0.2, 0.25) is 5.88 Å². The summed E-state index contributed by atoms with van der Waals surface area (Å²) in [6.07, 6.45) is 2.51. The first-order valence-corrected chi connectivity index (χ1v) is 9.70. The topological polar surface area (TPSA) is 69.7 Å². The Balaban J connectivity index is 1.31. The lowest BCUT2D eigenvalue weighted by Crippen LogP contribution is -2.28. The fourth-order valence-electron chi connectivity index (χ4n) is 2.88. The number of carbonyl (C=O) groups excluding carboxylic acids is 1. The molecule has 1 aliphatic rings. The highest BCUT2D eigenvalue weighted by atomic mass is 35.5. The van der Waals surface area contributed by atoms with E-state index >= 15 is 0 Å². The minimum atomic E-state index is -1.03. The molecule has 3 aromatic rings. The fraction of sp³-hybridized carbons (Fsp3) is 0.130. The van der Waals surface area contributed by atoms with Crippen molar-refractivity contribution in [2.24, 2.45) is 0 Å². The van der Waals surface area contributed by atoms with Crippen molar-refractivity contribution in [2.75, 3.05) is 5.32 Å². The van der Waals surface area contributed by atoms with Crippen LogP contribution in [0.25, 0.3) is 0 Å². The fourth-order valence-corrected chi connectivity index (χ4v) is 3.11. The number of amides is 1. The molecule has 2 heterocycles. The number of ether oxygens (including phenoxy) is 3. The molecule has 0 radical (unpaired) electrons. The van der Waals surface area contributed by atoms with Crippen molar-refractivity contribution >= 4 is 23.2 Å². The molecule has 1 aliphatic heterocycles. The molecule has 0 bridgehead atoms. The Kier molecular flexibility index (Phi) is 5.86. The molecule has 1 aromatic heterocycles. The summed E-state index contributed by atoms with van der Waals surface area (Å²) in [4.78, 5) is 16.6. The van der Waals surface area contributed by atoms with E-state index in [1.165, 1.54) is 12.5 Å². The number of benzene rings is 2. The lowest BCUT2D eigenvalue weighted by molar-refractivity contribution is -0.139. The maximum atomic E-state index is 12.4. The number of nitrogens with one attached hydrogen (secondary N) is 1. The summed E-state index contributed by atoms with van der Waals surface area (Å²) in [5.41, 5.74) is 2.48. The normalized spacial score (nSPS) is 15.0. The molecule has 1 atom stereocenters. The second kappa shape index (κ2) is 8.88. The third-order valence-electron chi connectivity index (χ3n) is 4.37. The Bertz CT molecular complexity index is 1070. The highest BCUT2D eigenvalue weighted by Gasteiger charge is 2.27. The van der Waals surface area contributed by atoms with Gasteiger partial charge in [-0.1, -0.05) is 41.9 Å². The lowest BCUT2D eigenvalue weighted by atomic mass is 10.1. The van der Waals surface area contributed by atoms with Gasteiger partial charge < -0.3 is 19.5 Å². The predicted molar refractivity (Wildman–Crippen MR) is 113 cm³/mol. The van der Waals surface area contributed by atoms with Gasteiger partial charge in [-0.25, -0.2) is 4.98 Å². The second-order valence-electron chi connectivity index (χ2n) is 6.72. The number of hydrogen-bond donors (Lipinski definition) is 1. The van der Waals surface area contributed by atoms with Crippen molar-refractivity contribution < 1.29 is 19.0 Å². The van der Waals surface area contributed by atoms with Gasteiger partial charge in [-0.05, 0) is 42.3 Å². The van der Waals surface area contributed by atoms with E-state index in [1.54, 1.807) is 24.3 Å². The number of carbonyl (C=O) groups is 1. The third-order valence-corrected chi connectivity index (χ3v) is 4.61. The zero-order chi connectivity index (χ0) is 20.9. The molecule has 7 heteroatoms. The molecule has 0 fully saturated rings. The largest absolute Gasteiger partial charge is 0.451 e. The highest BCUT2D eigenvalue weighted by molar-refractivity contribution is 6.30. The van der Waals surface area contributed by atoms with E-state index in [2.05, 4.69) is 10.3 Å². The van der Waals surface area contributed by atoms with E-state index < -0.39 is 12.2 Å². The Labute approximate surface area is 179 Å². The first-order chi connectivity index (χ1) is 14.6. The van der Waals surface area contributed by atoms with Gasteiger partial charge in [-0.15, -0.1) is 0 Å². The Morgan fingerprint density at radius 3 is 2.73 bits per heavy atom. The number of halogens is 1. The molecule has 1 unspecified atom stereocenters. The van der Waals surface area contributed by atoms with Crippen LogP contribution in [0, 0.1) is 6.92 Å². The van der Waals surface area contributed by atoms with Gasteiger partial charge in [0.1, 0.15) is 17.8 Å². The average molecular weight is 423 g/mol. The zero-order valence-corrected chi connectivity index (χ0v) is 16.9. The molecular formula is C23H19ClN2O4. The predicted octanol–water partition coefficient (Wildman–Crippen LogP) is 5.23. The van der Waals surface area contributed by atoms with E-state index in [-0.39, 0.29) is 0 Å². The van der Waals surface area contributed by atoms with Gasteiger partial charge >= 0.3 is 12.2 Å². The lowest BCUT2D eigenvalue weighted by Gasteiger charge is -2.13. The van der Waals surface area contributed by atoms with Crippen LogP contribution in [0.1, 0.15) is 11.1 Å². The highest BCUT2D eigenvalue weighted by Crippen LogP contribution is 2.27. The van der Waals surface area contributed by atoms with Crippen molar-refractivity contribution in [3.8, 4) is 11.6 Å². The first-order valence-electron chi connectivity index (χ1n) is 9.33. The zero-order valence-electron chi connectivity index (χ0n) is 16.2. The summed E-state index contributed by atoms with van der Waals surface area (Å²) in [5.74, 6) is 1.24. The van der Waals surface area contributed by atoms with Crippen molar-refractivity contribution in [3.05, 3.63) is 95.0 Å². The van der Waals surface area contributed by atoms with Crippen molar-refractivity contribution in [3.63, 3.8) is 0 Å². The number of allylic oxidation sites excluding steroid dienone is 1. The van der Waals surface area contributed by atoms with Crippen LogP contribution in [0.5, 0.6) is 11.6 Å². The molecule has 0 spiro atoms. The maximum Gasteiger partial charge on any atom is 0.321 e. The average Bonchev–Trinajstić information content (AvgIpc) is 3.21. The van der Waals surface area contributed by atoms with E-state index in [1.807, 2.05) is 43.3 Å². The molecule has 2 aromatic carbocycles. The van der Waals surface area contributed by atoms with Crippen molar-refractivity contribution in [2.45, 2.75) is 19.6 Å². The van der Waals surface area contributed by atoms with Crippen LogP contribution in [0.4, 0.5) is 5.69 Å². The summed E-state index contributed by atoms with van der Waals surface area (Å²) in [6, 6.07) is 18.5. The van der Waals surface area contributed by atoms with Crippen LogP contribution in [0.3, 0.4) is 0 Å². The summed E-state index contributed by atoms with van der Waals surface area (Å²) in [7, 11) is 0. The molecule has 6 nitrogen and oxygen atoms in total. The number of nitrogens with zero attached hydrogens (tertiary/aromatic N) is 1.